The van der Waals surface area contributed by atoms with Crippen LogP contribution in [-0.2, 0) is 16.1 Å². The molecule has 0 atom stereocenters. The van der Waals surface area contributed by atoms with Crippen molar-refractivity contribution in [2.45, 2.75) is 33.2 Å². The van der Waals surface area contributed by atoms with Crippen molar-refractivity contribution in [3.8, 4) is 0 Å². The predicted molar refractivity (Wildman–Crippen MR) is 141 cm³/mol. The minimum Gasteiger partial charge on any atom is -0.339 e. The molecule has 0 spiro atoms. The number of imidazole rings is 1. The molecular weight excluding hydrogens is 438 g/mol. The molecule has 0 unspecified atom stereocenters. The monoisotopic (exact) mass is 473 g/mol. The normalized spacial score (nSPS) is 14.8. The van der Waals surface area contributed by atoms with E-state index in [1.54, 1.807) is 6.08 Å². The van der Waals surface area contributed by atoms with Crippen LogP contribution < -0.4 is 5.32 Å². The number of carbonyl (C=O) groups is 2. The molecule has 184 valence electrons. The number of hydrogen-bond donors (Lipinski definition) is 1. The number of hydrogen-bond acceptors (Lipinski definition) is 4. The van der Waals surface area contributed by atoms with E-state index in [0.717, 1.165) is 42.8 Å². The molecule has 1 aliphatic rings. The minimum atomic E-state index is -0.131. The van der Waals surface area contributed by atoms with E-state index in [2.05, 4.69) is 28.6 Å². The van der Waals surface area contributed by atoms with Crippen LogP contribution in [0.5, 0.6) is 0 Å². The minimum absolute atomic E-state index is 0.00842. The first-order valence-corrected chi connectivity index (χ1v) is 12.6. The molecular formula is C28H35N5O2. The summed E-state index contributed by atoms with van der Waals surface area (Å²) in [5.74, 6) is 0.447. The molecule has 1 aliphatic heterocycles. The lowest BCUT2D eigenvalue weighted by Crippen LogP contribution is -2.41. The molecule has 4 rings (SSSR count). The number of rotatable bonds is 9. The zero-order valence-electron chi connectivity index (χ0n) is 20.7. The highest BCUT2D eigenvalue weighted by molar-refractivity contribution is 5.94. The lowest BCUT2D eigenvalue weighted by Gasteiger charge is -2.30. The number of nitrogens with one attached hydrogen (secondary N) is 1. The van der Waals surface area contributed by atoms with Gasteiger partial charge in [0.1, 0.15) is 0 Å². The Bertz CT molecular complexity index is 1160. The number of likely N-dealkylation sites (tertiary alicyclic amines) is 1. The Balaban J connectivity index is 1.37. The molecule has 2 heterocycles. The molecule has 0 radical (unpaired) electrons. The summed E-state index contributed by atoms with van der Waals surface area (Å²) in [4.78, 5) is 34.6. The first kappa shape index (κ1) is 24.7. The standard InChI is InChI=1S/C28H35N5O2/c1-3-31(4-2)20-21-33-25-13-9-8-12-24(25)29-28(33)30-27(35)23-16-18-32(19-17-23)26(34)15-14-22-10-6-5-7-11-22/h5-15,23H,3-4,16-21H2,1-2H3,(H,29,30,35)/b15-14-. The van der Waals surface area contributed by atoms with Gasteiger partial charge in [0.25, 0.3) is 0 Å². The van der Waals surface area contributed by atoms with Crippen LogP contribution in [0.15, 0.2) is 60.7 Å². The Morgan fingerprint density at radius 2 is 1.71 bits per heavy atom. The fourth-order valence-corrected chi connectivity index (χ4v) is 4.59. The Morgan fingerprint density at radius 3 is 2.43 bits per heavy atom. The highest BCUT2D eigenvalue weighted by atomic mass is 16.2. The second kappa shape index (κ2) is 11.8. The maximum Gasteiger partial charge on any atom is 0.246 e. The third-order valence-corrected chi connectivity index (χ3v) is 6.82. The molecule has 1 N–H and O–H groups in total. The number of likely N-dealkylation sites (N-methyl/N-ethyl adjacent to an activating group) is 1. The summed E-state index contributed by atoms with van der Waals surface area (Å²) in [6, 6.07) is 17.8. The molecule has 0 bridgehead atoms. The SMILES string of the molecule is CCN(CC)CCn1c(NC(=O)C2CCN(C(=O)/C=C\c3ccccc3)CC2)nc2ccccc21. The highest BCUT2D eigenvalue weighted by Gasteiger charge is 2.27. The third-order valence-electron chi connectivity index (χ3n) is 6.82. The second-order valence-corrected chi connectivity index (χ2v) is 8.94. The maximum atomic E-state index is 13.1. The van der Waals surface area contributed by atoms with Gasteiger partial charge in [0.05, 0.1) is 11.0 Å². The number of nitrogens with zero attached hydrogens (tertiary/aromatic N) is 4. The van der Waals surface area contributed by atoms with Crippen LogP contribution in [0.3, 0.4) is 0 Å². The highest BCUT2D eigenvalue weighted by Crippen LogP contribution is 2.23. The molecule has 35 heavy (non-hydrogen) atoms. The van der Waals surface area contributed by atoms with Crippen LogP contribution in [0.2, 0.25) is 0 Å². The molecule has 1 saturated heterocycles. The Hall–Kier alpha value is -3.45. The van der Waals surface area contributed by atoms with E-state index in [0.29, 0.717) is 31.9 Å². The summed E-state index contributed by atoms with van der Waals surface area (Å²) in [5.41, 5.74) is 2.91. The number of piperidine rings is 1. The van der Waals surface area contributed by atoms with Crippen molar-refractivity contribution in [2.24, 2.45) is 5.92 Å². The van der Waals surface area contributed by atoms with E-state index >= 15 is 0 Å². The average molecular weight is 474 g/mol. The van der Waals surface area contributed by atoms with Gasteiger partial charge in [-0.1, -0.05) is 56.3 Å². The van der Waals surface area contributed by atoms with Gasteiger partial charge in [-0.25, -0.2) is 4.98 Å². The molecule has 7 nitrogen and oxygen atoms in total. The Labute approximate surface area is 207 Å². The summed E-state index contributed by atoms with van der Waals surface area (Å²) in [6.45, 7) is 9.11. The molecule has 0 aliphatic carbocycles. The molecule has 1 aromatic heterocycles. The zero-order chi connectivity index (χ0) is 24.6. The van der Waals surface area contributed by atoms with Crippen LogP contribution in [-0.4, -0.2) is 63.9 Å². The van der Waals surface area contributed by atoms with E-state index in [9.17, 15) is 9.59 Å². The van der Waals surface area contributed by atoms with Crippen molar-refractivity contribution in [1.29, 1.82) is 0 Å². The Kier molecular flexibility index (Phi) is 8.32. The van der Waals surface area contributed by atoms with Crippen molar-refractivity contribution in [1.82, 2.24) is 19.4 Å². The zero-order valence-corrected chi connectivity index (χ0v) is 20.7. The van der Waals surface area contributed by atoms with E-state index in [-0.39, 0.29) is 17.7 Å². The van der Waals surface area contributed by atoms with Crippen molar-refractivity contribution in [3.05, 3.63) is 66.2 Å². The fourth-order valence-electron chi connectivity index (χ4n) is 4.59. The van der Waals surface area contributed by atoms with Crippen LogP contribution in [0, 0.1) is 5.92 Å². The van der Waals surface area contributed by atoms with Gasteiger partial charge in [-0.05, 0) is 49.7 Å². The molecule has 7 heteroatoms. The topological polar surface area (TPSA) is 70.5 Å². The number of anilines is 1. The van der Waals surface area contributed by atoms with Crippen molar-refractivity contribution in [3.63, 3.8) is 0 Å². The number of carbonyl (C=O) groups excluding carboxylic acids is 2. The van der Waals surface area contributed by atoms with Gasteiger partial charge in [-0.2, -0.15) is 0 Å². The summed E-state index contributed by atoms with van der Waals surface area (Å²) in [5, 5.41) is 3.10. The second-order valence-electron chi connectivity index (χ2n) is 8.94. The van der Waals surface area contributed by atoms with Gasteiger partial charge in [-0.15, -0.1) is 0 Å². The van der Waals surface area contributed by atoms with Crippen molar-refractivity contribution >= 4 is 34.9 Å². The Morgan fingerprint density at radius 1 is 1.03 bits per heavy atom. The smallest absolute Gasteiger partial charge is 0.246 e. The van der Waals surface area contributed by atoms with Crippen LogP contribution in [0.1, 0.15) is 32.3 Å². The fraction of sp³-hybridized carbons (Fsp3) is 0.393. The largest absolute Gasteiger partial charge is 0.339 e. The van der Waals surface area contributed by atoms with Gasteiger partial charge in [-0.3, -0.25) is 14.9 Å². The van der Waals surface area contributed by atoms with Gasteiger partial charge in [0.15, 0.2) is 0 Å². The van der Waals surface area contributed by atoms with E-state index in [1.165, 1.54) is 0 Å². The number of fused-ring (bicyclic) bond motifs is 1. The predicted octanol–water partition coefficient (Wildman–Crippen LogP) is 4.27. The van der Waals surface area contributed by atoms with Gasteiger partial charge in [0, 0.05) is 38.2 Å². The van der Waals surface area contributed by atoms with Crippen molar-refractivity contribution in [2.75, 3.05) is 38.0 Å². The molecule has 1 fully saturated rings. The molecule has 2 amide bonds. The maximum absolute atomic E-state index is 13.1. The quantitative estimate of drug-likeness (QED) is 0.471. The van der Waals surface area contributed by atoms with E-state index in [1.807, 2.05) is 65.6 Å². The van der Waals surface area contributed by atoms with Gasteiger partial charge in [0.2, 0.25) is 17.8 Å². The summed E-state index contributed by atoms with van der Waals surface area (Å²) in [6.07, 6.45) is 4.75. The van der Waals surface area contributed by atoms with Crippen LogP contribution in [0.25, 0.3) is 17.1 Å². The molecule has 2 aromatic carbocycles. The first-order chi connectivity index (χ1) is 17.1. The number of amides is 2. The summed E-state index contributed by atoms with van der Waals surface area (Å²) < 4.78 is 2.11. The average Bonchev–Trinajstić information content (AvgIpc) is 3.25. The summed E-state index contributed by atoms with van der Waals surface area (Å²) >= 11 is 0. The molecule has 0 saturated carbocycles. The van der Waals surface area contributed by atoms with Crippen LogP contribution in [0.4, 0.5) is 5.95 Å². The molecule has 3 aromatic rings. The van der Waals surface area contributed by atoms with Gasteiger partial charge >= 0.3 is 0 Å². The first-order valence-electron chi connectivity index (χ1n) is 12.6. The van der Waals surface area contributed by atoms with Crippen molar-refractivity contribution < 1.29 is 9.59 Å². The number of benzene rings is 2. The lowest BCUT2D eigenvalue weighted by molar-refractivity contribution is -0.130. The van der Waals surface area contributed by atoms with Crippen LogP contribution >= 0.6 is 0 Å². The van der Waals surface area contributed by atoms with Gasteiger partial charge < -0.3 is 14.4 Å². The van der Waals surface area contributed by atoms with E-state index < -0.39 is 0 Å². The van der Waals surface area contributed by atoms with E-state index in [4.69, 9.17) is 4.98 Å². The summed E-state index contributed by atoms with van der Waals surface area (Å²) in [7, 11) is 0. The third kappa shape index (κ3) is 6.17. The lowest BCUT2D eigenvalue weighted by atomic mass is 9.96. The number of aromatic nitrogens is 2. The number of para-hydroxylation sites is 2.